The summed E-state index contributed by atoms with van der Waals surface area (Å²) in [6.45, 7) is 1.96. The molecule has 0 fully saturated rings. The fourth-order valence-corrected chi connectivity index (χ4v) is 3.56. The molecule has 106 valence electrons. The smallest absolute Gasteiger partial charge is 0.225 e. The number of carbonyl (C=O) groups excluding carboxylic acids is 1. The van der Waals surface area contributed by atoms with Crippen molar-refractivity contribution in [3.05, 3.63) is 35.4 Å². The quantitative estimate of drug-likeness (QED) is 0.729. The van der Waals surface area contributed by atoms with Gasteiger partial charge in [-0.05, 0) is 18.1 Å². The minimum absolute atomic E-state index is 0.103. The highest BCUT2D eigenvalue weighted by atomic mass is 79.9. The normalized spacial score (nSPS) is 11.4. The van der Waals surface area contributed by atoms with Crippen LogP contribution in [0.5, 0.6) is 0 Å². The van der Waals surface area contributed by atoms with E-state index in [0.29, 0.717) is 10.7 Å². The average molecular weight is 399 g/mol. The lowest BCUT2D eigenvalue weighted by Gasteiger charge is -2.30. The minimum Gasteiger partial charge on any atom is -0.349 e. The van der Waals surface area contributed by atoms with Gasteiger partial charge in [-0.3, -0.25) is 4.79 Å². The second-order valence-corrected chi connectivity index (χ2v) is 5.48. The van der Waals surface area contributed by atoms with Crippen LogP contribution in [0.4, 0.5) is 8.78 Å². The predicted molar refractivity (Wildman–Crippen MR) is 78.8 cm³/mol. The molecule has 0 radical (unpaired) electrons. The van der Waals surface area contributed by atoms with Crippen molar-refractivity contribution in [2.75, 3.05) is 10.7 Å². The Morgan fingerprint density at radius 1 is 1.32 bits per heavy atom. The molecule has 0 aliphatic carbocycles. The molecule has 1 aromatic rings. The van der Waals surface area contributed by atoms with Crippen LogP contribution in [-0.4, -0.2) is 22.1 Å². The maximum Gasteiger partial charge on any atom is 0.225 e. The number of hydrogen-bond acceptors (Lipinski definition) is 1. The largest absolute Gasteiger partial charge is 0.349 e. The molecule has 0 saturated carbocycles. The standard InChI is InChI=1S/C13H15Br2F2NO/c1-2-13(7-14,8-15)18-12(19)5-9-3-4-10(16)6-11(9)17/h3-4,6H,2,5,7-8H2,1H3,(H,18,19). The molecule has 0 heterocycles. The van der Waals surface area contributed by atoms with Crippen molar-refractivity contribution in [1.29, 1.82) is 0 Å². The number of rotatable bonds is 6. The van der Waals surface area contributed by atoms with Gasteiger partial charge in [0, 0.05) is 16.7 Å². The Bertz CT molecular complexity index is 442. The van der Waals surface area contributed by atoms with Crippen LogP contribution in [0.15, 0.2) is 18.2 Å². The third kappa shape index (κ3) is 4.53. The van der Waals surface area contributed by atoms with Crippen LogP contribution in [0, 0.1) is 11.6 Å². The fraction of sp³-hybridized carbons (Fsp3) is 0.462. The Morgan fingerprint density at radius 2 is 1.95 bits per heavy atom. The minimum atomic E-state index is -0.699. The highest BCUT2D eigenvalue weighted by Crippen LogP contribution is 2.17. The molecule has 0 unspecified atom stereocenters. The Kier molecular flexibility index (Phi) is 6.39. The molecule has 19 heavy (non-hydrogen) atoms. The number of alkyl halides is 2. The van der Waals surface area contributed by atoms with Crippen molar-refractivity contribution in [3.8, 4) is 0 Å². The number of halogens is 4. The molecule has 0 atom stereocenters. The van der Waals surface area contributed by atoms with Crippen LogP contribution in [-0.2, 0) is 11.2 Å². The zero-order valence-electron chi connectivity index (χ0n) is 10.5. The summed E-state index contributed by atoms with van der Waals surface area (Å²) in [6, 6.07) is 3.22. The summed E-state index contributed by atoms with van der Waals surface area (Å²) in [4.78, 5) is 11.9. The number of amides is 1. The first-order valence-electron chi connectivity index (χ1n) is 5.83. The molecule has 0 spiro atoms. The molecule has 0 aliphatic rings. The highest BCUT2D eigenvalue weighted by Gasteiger charge is 2.27. The first-order valence-corrected chi connectivity index (χ1v) is 8.07. The van der Waals surface area contributed by atoms with Crippen LogP contribution in [0.3, 0.4) is 0 Å². The van der Waals surface area contributed by atoms with Crippen molar-refractivity contribution >= 4 is 37.8 Å². The van der Waals surface area contributed by atoms with Crippen molar-refractivity contribution in [2.45, 2.75) is 25.3 Å². The zero-order valence-corrected chi connectivity index (χ0v) is 13.7. The van der Waals surface area contributed by atoms with E-state index in [1.54, 1.807) is 0 Å². The fourth-order valence-electron chi connectivity index (χ4n) is 1.56. The molecule has 1 amide bonds. The van der Waals surface area contributed by atoms with E-state index in [2.05, 4.69) is 37.2 Å². The summed E-state index contributed by atoms with van der Waals surface area (Å²) in [5.41, 5.74) is -0.207. The summed E-state index contributed by atoms with van der Waals surface area (Å²) < 4.78 is 26.2. The molecule has 6 heteroatoms. The van der Waals surface area contributed by atoms with E-state index in [9.17, 15) is 13.6 Å². The molecular formula is C13H15Br2F2NO. The lowest BCUT2D eigenvalue weighted by atomic mass is 10.0. The van der Waals surface area contributed by atoms with E-state index in [-0.39, 0.29) is 17.9 Å². The molecule has 1 aromatic carbocycles. The Labute approximate surface area is 128 Å². The van der Waals surface area contributed by atoms with Crippen LogP contribution in [0.1, 0.15) is 18.9 Å². The lowest BCUT2D eigenvalue weighted by molar-refractivity contribution is -0.122. The Morgan fingerprint density at radius 3 is 2.42 bits per heavy atom. The van der Waals surface area contributed by atoms with Crippen LogP contribution in [0.25, 0.3) is 0 Å². The highest BCUT2D eigenvalue weighted by molar-refractivity contribution is 9.09. The molecule has 2 nitrogen and oxygen atoms in total. The van der Waals surface area contributed by atoms with Crippen molar-refractivity contribution in [3.63, 3.8) is 0 Å². The summed E-state index contributed by atoms with van der Waals surface area (Å²) in [7, 11) is 0. The van der Waals surface area contributed by atoms with E-state index < -0.39 is 17.2 Å². The summed E-state index contributed by atoms with van der Waals surface area (Å²) in [5.74, 6) is -1.63. The van der Waals surface area contributed by atoms with E-state index in [1.165, 1.54) is 6.07 Å². The molecular weight excluding hydrogens is 384 g/mol. The molecule has 0 aromatic heterocycles. The SMILES string of the molecule is CCC(CBr)(CBr)NC(=O)Cc1ccc(F)cc1F. The van der Waals surface area contributed by atoms with Gasteiger partial charge >= 0.3 is 0 Å². The second-order valence-electron chi connectivity index (χ2n) is 4.36. The van der Waals surface area contributed by atoms with Gasteiger partial charge < -0.3 is 5.32 Å². The van der Waals surface area contributed by atoms with Crippen molar-refractivity contribution in [2.24, 2.45) is 0 Å². The van der Waals surface area contributed by atoms with Crippen molar-refractivity contribution in [1.82, 2.24) is 5.32 Å². The third-order valence-electron chi connectivity index (χ3n) is 2.96. The number of carbonyl (C=O) groups is 1. The maximum atomic E-state index is 13.5. The van der Waals surface area contributed by atoms with Crippen LogP contribution in [0.2, 0.25) is 0 Å². The second kappa shape index (κ2) is 7.33. The van der Waals surface area contributed by atoms with Crippen molar-refractivity contribution < 1.29 is 13.6 Å². The number of nitrogens with one attached hydrogen (secondary N) is 1. The van der Waals surface area contributed by atoms with Gasteiger partial charge in [-0.1, -0.05) is 44.8 Å². The molecule has 1 rings (SSSR count). The third-order valence-corrected chi connectivity index (χ3v) is 5.11. The lowest BCUT2D eigenvalue weighted by Crippen LogP contribution is -2.51. The summed E-state index contributed by atoms with van der Waals surface area (Å²) in [6.07, 6.45) is 0.634. The topological polar surface area (TPSA) is 29.1 Å². The van der Waals surface area contributed by atoms with E-state index in [4.69, 9.17) is 0 Å². The monoisotopic (exact) mass is 397 g/mol. The van der Waals surface area contributed by atoms with Gasteiger partial charge in [0.15, 0.2) is 0 Å². The van der Waals surface area contributed by atoms with Crippen LogP contribution >= 0.6 is 31.9 Å². The first-order chi connectivity index (χ1) is 8.96. The van der Waals surface area contributed by atoms with Gasteiger partial charge in [-0.25, -0.2) is 8.78 Å². The molecule has 1 N–H and O–H groups in total. The zero-order chi connectivity index (χ0) is 14.5. The van der Waals surface area contributed by atoms with Crippen LogP contribution < -0.4 is 5.32 Å². The first kappa shape index (κ1) is 16.6. The maximum absolute atomic E-state index is 13.5. The molecule has 0 bridgehead atoms. The van der Waals surface area contributed by atoms with Gasteiger partial charge in [0.25, 0.3) is 0 Å². The summed E-state index contributed by atoms with van der Waals surface area (Å²) >= 11 is 6.73. The van der Waals surface area contributed by atoms with Gasteiger partial charge in [0.2, 0.25) is 5.91 Å². The van der Waals surface area contributed by atoms with E-state index in [1.807, 2.05) is 6.92 Å². The van der Waals surface area contributed by atoms with Gasteiger partial charge in [-0.15, -0.1) is 0 Å². The van der Waals surface area contributed by atoms with Gasteiger partial charge in [0.1, 0.15) is 11.6 Å². The molecule has 0 saturated heterocycles. The predicted octanol–water partition coefficient (Wildman–Crippen LogP) is 3.56. The van der Waals surface area contributed by atoms with E-state index >= 15 is 0 Å². The van der Waals surface area contributed by atoms with E-state index in [0.717, 1.165) is 18.6 Å². The average Bonchev–Trinajstić information content (AvgIpc) is 2.39. The van der Waals surface area contributed by atoms with Gasteiger partial charge in [-0.2, -0.15) is 0 Å². The molecule has 0 aliphatic heterocycles. The van der Waals surface area contributed by atoms with Gasteiger partial charge in [0.05, 0.1) is 12.0 Å². The summed E-state index contributed by atoms with van der Waals surface area (Å²) in [5, 5.41) is 4.07. The Hall–Kier alpha value is -0.490. The number of hydrogen-bond donors (Lipinski definition) is 1. The number of benzene rings is 1. The Balaban J connectivity index is 2.74.